The van der Waals surface area contributed by atoms with Crippen LogP contribution >= 0.6 is 0 Å². The molecule has 0 N–H and O–H groups in total. The molecular formula is C88H70N4OPtSi-2. The van der Waals surface area contributed by atoms with Crippen LogP contribution in [0, 0.1) is 32.2 Å². The number of rotatable bonds is 10. The van der Waals surface area contributed by atoms with E-state index in [2.05, 4.69) is 39.2 Å². The van der Waals surface area contributed by atoms with Crippen molar-refractivity contribution in [2.24, 2.45) is 0 Å². The number of ether oxygens (including phenoxy) is 1. The Hall–Kier alpha value is -10.2. The summed E-state index contributed by atoms with van der Waals surface area (Å²) in [5.41, 5.74) is -5.61. The second kappa shape index (κ2) is 24.0. The van der Waals surface area contributed by atoms with E-state index in [0.29, 0.717) is 11.3 Å². The van der Waals surface area contributed by atoms with Crippen LogP contribution in [0.25, 0.3) is 106 Å². The predicted octanol–water partition coefficient (Wildman–Crippen LogP) is 18.8. The van der Waals surface area contributed by atoms with E-state index in [1.54, 1.807) is 45.2 Å². The van der Waals surface area contributed by atoms with Crippen molar-refractivity contribution < 1.29 is 75.6 Å². The van der Waals surface area contributed by atoms with Crippen molar-refractivity contribution in [1.29, 1.82) is 0 Å². The van der Waals surface area contributed by atoms with Crippen molar-refractivity contribution in [3.05, 3.63) is 319 Å². The third kappa shape index (κ3) is 10.4. The summed E-state index contributed by atoms with van der Waals surface area (Å²) >= 11 is 0. The molecule has 15 aromatic rings. The summed E-state index contributed by atoms with van der Waals surface area (Å²) in [6, 6.07) is 4.74. The minimum atomic E-state index is -6.59. The van der Waals surface area contributed by atoms with Gasteiger partial charge in [0.25, 0.3) is 6.33 Å². The normalized spacial score (nSPS) is 17.3. The van der Waals surface area contributed by atoms with Gasteiger partial charge in [-0.25, -0.2) is 4.98 Å². The summed E-state index contributed by atoms with van der Waals surface area (Å²) in [4.78, 5) is 4.83. The molecule has 1 aliphatic rings. The Morgan fingerprint density at radius 2 is 1.08 bits per heavy atom. The largest absolute Gasteiger partial charge is 0.510 e. The molecule has 0 radical (unpaired) electrons. The maximum Gasteiger partial charge on any atom is 0.268 e. The molecule has 0 saturated heterocycles. The van der Waals surface area contributed by atoms with Gasteiger partial charge in [-0.2, -0.15) is 18.2 Å². The van der Waals surface area contributed by atoms with Crippen LogP contribution < -0.4 is 30.1 Å². The smallest absolute Gasteiger partial charge is 0.268 e. The van der Waals surface area contributed by atoms with E-state index in [1.165, 1.54) is 51.6 Å². The van der Waals surface area contributed by atoms with E-state index in [0.717, 1.165) is 27.9 Å². The first kappa shape index (κ1) is 34.3. The number of pyridine rings is 1. The molecule has 0 amide bonds. The van der Waals surface area contributed by atoms with Crippen LogP contribution in [-0.4, -0.2) is 22.2 Å². The molecule has 0 bridgehead atoms. The summed E-state index contributed by atoms with van der Waals surface area (Å²) in [5.74, 6) is 0.671. The van der Waals surface area contributed by atoms with E-state index in [-0.39, 0.29) is 82.6 Å². The van der Waals surface area contributed by atoms with Crippen LogP contribution in [0.4, 0.5) is 0 Å². The number of benzene rings is 12. The third-order valence-corrected chi connectivity index (χ3v) is 20.9. The molecule has 0 aliphatic carbocycles. The maximum absolute atomic E-state index is 11.1. The second-order valence-electron chi connectivity index (χ2n) is 24.7. The molecule has 0 spiro atoms. The van der Waals surface area contributed by atoms with Gasteiger partial charge >= 0.3 is 0 Å². The zero-order chi connectivity index (χ0) is 92.5. The summed E-state index contributed by atoms with van der Waals surface area (Å²) in [6.45, 7) is 5.26. The van der Waals surface area contributed by atoms with Crippen LogP contribution in [0.1, 0.15) is 109 Å². The topological polar surface area (TPSA) is 35.9 Å². The molecule has 95 heavy (non-hydrogen) atoms. The van der Waals surface area contributed by atoms with Crippen LogP contribution in [0.5, 0.6) is 11.5 Å². The molecule has 1 aliphatic heterocycles. The van der Waals surface area contributed by atoms with Gasteiger partial charge in [-0.05, 0) is 165 Å². The third-order valence-electron chi connectivity index (χ3n) is 16.9. The summed E-state index contributed by atoms with van der Waals surface area (Å²) in [7, 11) is -6.59. The molecular weight excluding hydrogens is 1350 g/mol. The van der Waals surface area contributed by atoms with Crippen LogP contribution in [0.2, 0.25) is 0 Å². The molecule has 3 aromatic heterocycles. The van der Waals surface area contributed by atoms with Crippen molar-refractivity contribution in [3.63, 3.8) is 0 Å². The van der Waals surface area contributed by atoms with E-state index in [4.69, 9.17) is 22.1 Å². The Bertz CT molecular complexity index is 7120. The SMILES string of the molecule is [2H]c1c([2H])c([2H])c([Si](c2c([2H])c([2H])c([2H])c([2H])c2[2H])(c2c([2H])c([2H])c([2H])c([2H])c2[2H])c2c([2H])c([2H])c([2H])c(-c3cc4c5c(c3)n(-c3[c-]c(Oc6[c-]c7c(cc6)c6ccccc6n7-c6cc(C(C)(C)C)ccn6)ccc3)[c-][n+]5-c3c(cc(-c5c(C([2H])([2H])[2H])cccc5C([2H])([2H])[2H])cc3C(C)(C)C)-c3c([2H])c([2H])c([2H])c([2H])c3-c3c([2H])c([2H])c([2H])c([2H])c3-4)c2[2H])c([2H])c1[2H].[Pt]. The standard InChI is InChI=1S/C88H70N4OSi.Pt/c1-58-27-24-28-59(2)84(58)62-51-77-73-41-20-18-39-71(73)72-40-19-21-42-74(72)78-50-61(60-29-25-38-70(49-60)94(67-32-12-9-13-33-67,68-34-14-10-15-35-68)69-36-16-11-17-37-69)53-82-86(78)91(85(77)79(52-62)88(6,7)8)57-90(82)64-30-26-31-65(55-64)93-66-45-46-76-75-43-22-23-44-80(75)92(81(76)56-66)83-54-63(47-48-89-83)87(3,4)5;/h9-54H,1-8H3;/q-2;/i1D3,2D3,9D,10D,11D,12D,13D,14D,15D,16D,17D,18D,19D,20D,21D,25D,29D,32D,33D,34D,35D,36D,37D,38D,39D,40D,41D,42D,49D;. The second-order valence-corrected chi connectivity index (χ2v) is 28.2. The van der Waals surface area contributed by atoms with Gasteiger partial charge in [-0.3, -0.25) is 4.57 Å². The summed E-state index contributed by atoms with van der Waals surface area (Å²) in [5, 5.41) is -2.99. The molecule has 16 rings (SSSR count). The molecule has 0 saturated carbocycles. The molecule has 5 nitrogen and oxygen atoms in total. The van der Waals surface area contributed by atoms with E-state index < -0.39 is 261 Å². The Kier molecular flexibility index (Phi) is 8.64. The van der Waals surface area contributed by atoms with E-state index >= 15 is 0 Å². The number of fused-ring (bicyclic) bond motifs is 10. The Balaban J connectivity index is 0.0000126. The van der Waals surface area contributed by atoms with Crippen LogP contribution in [0.3, 0.4) is 0 Å². The van der Waals surface area contributed by atoms with Crippen molar-refractivity contribution in [2.45, 2.75) is 66.1 Å². The minimum Gasteiger partial charge on any atom is -0.510 e. The van der Waals surface area contributed by atoms with Gasteiger partial charge in [-0.15, -0.1) is 29.7 Å². The number of imidazole rings is 1. The van der Waals surface area contributed by atoms with E-state index in [9.17, 15) is 32.9 Å². The first-order valence-electron chi connectivity index (χ1n) is 46.4. The Morgan fingerprint density at radius 1 is 0.495 bits per heavy atom. The molecule has 12 aromatic carbocycles. The molecule has 7 heteroatoms. The van der Waals surface area contributed by atoms with Crippen molar-refractivity contribution in [3.8, 4) is 84.3 Å². The van der Waals surface area contributed by atoms with Gasteiger partial charge in [0, 0.05) is 52.5 Å². The molecule has 0 unspecified atom stereocenters. The molecule has 0 fully saturated rings. The fourth-order valence-corrected chi connectivity index (χ4v) is 16.2. The van der Waals surface area contributed by atoms with Crippen molar-refractivity contribution in [1.82, 2.24) is 14.1 Å². The average Bonchev–Trinajstić information content (AvgIpc) is 0.914. The van der Waals surface area contributed by atoms with Gasteiger partial charge in [0.1, 0.15) is 5.82 Å². The summed E-state index contributed by atoms with van der Waals surface area (Å²) < 4.78 is 329. The average molecular weight is 1460 g/mol. The monoisotopic (exact) mass is 1450 g/mol. The van der Waals surface area contributed by atoms with E-state index in [1.807, 2.05) is 47.0 Å². The first-order chi connectivity index (χ1) is 59.3. The molecule has 4 heterocycles. The Morgan fingerprint density at radius 3 is 1.73 bits per heavy atom. The molecule has 464 valence electrons. The van der Waals surface area contributed by atoms with Crippen LogP contribution in [-0.2, 0) is 31.9 Å². The summed E-state index contributed by atoms with van der Waals surface area (Å²) in [6.07, 6.45) is 5.16. The fraction of sp³-hybridized carbons (Fsp3) is 0.114. The quantitative estimate of drug-likeness (QED) is 0.0592. The van der Waals surface area contributed by atoms with Gasteiger partial charge in [-0.1, -0.05) is 259 Å². The van der Waals surface area contributed by atoms with Crippen molar-refractivity contribution >= 4 is 61.7 Å². The number of aromatic nitrogens is 4. The number of hydrogen-bond donors (Lipinski definition) is 0. The number of aryl methyl sites for hydroxylation is 2. The number of hydrogen-bond acceptors (Lipinski definition) is 2. The van der Waals surface area contributed by atoms with Gasteiger partial charge < -0.3 is 13.9 Å². The predicted molar refractivity (Wildman–Crippen MR) is 391 cm³/mol. The first-order valence-corrected chi connectivity index (χ1v) is 31.9. The van der Waals surface area contributed by atoms with Gasteiger partial charge in [0.15, 0.2) is 8.07 Å². The number of para-hydroxylation sites is 1. The van der Waals surface area contributed by atoms with Gasteiger partial charge in [0.2, 0.25) is 0 Å². The van der Waals surface area contributed by atoms with Crippen LogP contribution in [0.15, 0.2) is 279 Å². The fourth-order valence-electron chi connectivity index (χ4n) is 12.6. The number of nitrogens with zero attached hydrogens (tertiary/aromatic N) is 4. The zero-order valence-electron chi connectivity index (χ0n) is 84.5. The minimum absolute atomic E-state index is 0. The van der Waals surface area contributed by atoms with Crippen molar-refractivity contribution in [2.75, 3.05) is 0 Å². The zero-order valence-corrected chi connectivity index (χ0v) is 54.8. The maximum atomic E-state index is 11.1. The Labute approximate surface area is 618 Å². The molecule has 0 atom stereocenters. The van der Waals surface area contributed by atoms with Gasteiger partial charge in [0.05, 0.1) is 53.7 Å².